The van der Waals surface area contributed by atoms with Crippen LogP contribution >= 0.6 is 15.9 Å². The average molecular weight is 277 g/mol. The summed E-state index contributed by atoms with van der Waals surface area (Å²) < 4.78 is 25.7. The molecule has 84 valence electrons. The first-order valence-electron chi connectivity index (χ1n) is 4.88. The van der Waals surface area contributed by atoms with Gasteiger partial charge in [0.2, 0.25) is 5.92 Å². The van der Waals surface area contributed by atoms with E-state index in [0.29, 0.717) is 0 Å². The molecule has 0 N–H and O–H groups in total. The molecule has 0 aliphatic rings. The number of halogens is 3. The Labute approximate surface area is 97.8 Å². The molecule has 3 heteroatoms. The van der Waals surface area contributed by atoms with Crippen LogP contribution in [-0.4, -0.2) is 5.92 Å². The van der Waals surface area contributed by atoms with Crippen LogP contribution in [0.3, 0.4) is 0 Å². The molecule has 0 nitrogen and oxygen atoms in total. The van der Waals surface area contributed by atoms with E-state index in [1.54, 1.807) is 0 Å². The summed E-state index contributed by atoms with van der Waals surface area (Å²) in [6, 6.07) is 5.87. The maximum absolute atomic E-state index is 12.8. The van der Waals surface area contributed by atoms with Gasteiger partial charge < -0.3 is 0 Å². The van der Waals surface area contributed by atoms with Crippen LogP contribution < -0.4 is 0 Å². The topological polar surface area (TPSA) is 0 Å². The third-order valence-corrected chi connectivity index (χ3v) is 3.12. The molecule has 0 bridgehead atoms. The van der Waals surface area contributed by atoms with Crippen LogP contribution in [0.4, 0.5) is 8.78 Å². The largest absolute Gasteiger partial charge is 0.246 e. The third kappa shape index (κ3) is 3.90. The molecule has 1 aromatic carbocycles. The molecule has 0 amide bonds. The van der Waals surface area contributed by atoms with Gasteiger partial charge >= 0.3 is 0 Å². The van der Waals surface area contributed by atoms with Crippen molar-refractivity contribution in [2.24, 2.45) is 0 Å². The molecule has 1 atom stereocenters. The van der Waals surface area contributed by atoms with Crippen LogP contribution in [0.2, 0.25) is 0 Å². The molecule has 0 saturated carbocycles. The second-order valence-electron chi connectivity index (χ2n) is 4.10. The standard InChI is InChI=1S/C12H15BrF2/c1-8-4-5-10(9(2)6-8)11(13)7-12(3,14)15/h4-6,11H,7H2,1-3H3. The van der Waals surface area contributed by atoms with E-state index in [0.717, 1.165) is 23.6 Å². The highest BCUT2D eigenvalue weighted by atomic mass is 79.9. The summed E-state index contributed by atoms with van der Waals surface area (Å²) in [5, 5.41) is 0. The van der Waals surface area contributed by atoms with Gasteiger partial charge in [-0.05, 0) is 31.9 Å². The first-order chi connectivity index (χ1) is 6.79. The van der Waals surface area contributed by atoms with Gasteiger partial charge in [0.05, 0.1) is 0 Å². The molecule has 0 aliphatic carbocycles. The quantitative estimate of drug-likeness (QED) is 0.697. The SMILES string of the molecule is Cc1ccc(C(Br)CC(C)(F)F)c(C)c1. The van der Waals surface area contributed by atoms with Gasteiger partial charge in [-0.25, -0.2) is 8.78 Å². The molecule has 1 unspecified atom stereocenters. The molecule has 1 rings (SSSR count). The monoisotopic (exact) mass is 276 g/mol. The number of benzene rings is 1. The van der Waals surface area contributed by atoms with Crippen LogP contribution in [0.15, 0.2) is 18.2 Å². The highest BCUT2D eigenvalue weighted by Crippen LogP contribution is 2.35. The second kappa shape index (κ2) is 4.60. The van der Waals surface area contributed by atoms with E-state index in [9.17, 15) is 8.78 Å². The first-order valence-corrected chi connectivity index (χ1v) is 5.80. The van der Waals surface area contributed by atoms with Crippen LogP contribution in [0.5, 0.6) is 0 Å². The maximum atomic E-state index is 12.8. The van der Waals surface area contributed by atoms with Crippen LogP contribution in [-0.2, 0) is 0 Å². The van der Waals surface area contributed by atoms with Gasteiger partial charge in [0.15, 0.2) is 0 Å². The smallest absolute Gasteiger partial charge is 0.207 e. The summed E-state index contributed by atoms with van der Waals surface area (Å²) in [4.78, 5) is -0.280. The maximum Gasteiger partial charge on any atom is 0.246 e. The van der Waals surface area contributed by atoms with E-state index in [-0.39, 0.29) is 11.2 Å². The molecule has 0 saturated heterocycles. The van der Waals surface area contributed by atoms with E-state index < -0.39 is 5.92 Å². The fourth-order valence-corrected chi connectivity index (χ4v) is 2.68. The van der Waals surface area contributed by atoms with Gasteiger partial charge in [0, 0.05) is 11.2 Å². The fourth-order valence-electron chi connectivity index (χ4n) is 1.60. The zero-order chi connectivity index (χ0) is 11.6. The molecule has 0 fully saturated rings. The number of alkyl halides is 3. The van der Waals surface area contributed by atoms with Gasteiger partial charge in [-0.15, -0.1) is 0 Å². The van der Waals surface area contributed by atoms with Crippen LogP contribution in [0.1, 0.15) is 34.9 Å². The Morgan fingerprint density at radius 3 is 2.40 bits per heavy atom. The number of rotatable bonds is 3. The minimum absolute atomic E-state index is 0.170. The summed E-state index contributed by atoms with van der Waals surface area (Å²) in [6.07, 6.45) is -0.170. The highest BCUT2D eigenvalue weighted by Gasteiger charge is 2.26. The van der Waals surface area contributed by atoms with Crippen molar-refractivity contribution in [3.8, 4) is 0 Å². The van der Waals surface area contributed by atoms with Gasteiger partial charge in [0.25, 0.3) is 0 Å². The predicted octanol–water partition coefficient (Wildman–Crippen LogP) is 4.78. The molecule has 0 aliphatic heterocycles. The number of hydrogen-bond acceptors (Lipinski definition) is 0. The molecule has 0 heterocycles. The Kier molecular flexibility index (Phi) is 3.87. The first kappa shape index (κ1) is 12.6. The Morgan fingerprint density at radius 2 is 1.93 bits per heavy atom. The highest BCUT2D eigenvalue weighted by molar-refractivity contribution is 9.09. The minimum atomic E-state index is -2.63. The summed E-state index contributed by atoms with van der Waals surface area (Å²) in [7, 11) is 0. The van der Waals surface area contributed by atoms with Gasteiger partial charge in [0.1, 0.15) is 0 Å². The molecular weight excluding hydrogens is 262 g/mol. The van der Waals surface area contributed by atoms with Crippen LogP contribution in [0.25, 0.3) is 0 Å². The molecular formula is C12H15BrF2. The summed E-state index contributed by atoms with van der Waals surface area (Å²) >= 11 is 3.32. The van der Waals surface area contributed by atoms with Crippen molar-refractivity contribution in [2.75, 3.05) is 0 Å². The Hall–Kier alpha value is -0.440. The summed E-state index contributed by atoms with van der Waals surface area (Å²) in [5.41, 5.74) is 3.16. The normalized spacial score (nSPS) is 14.0. The molecule has 15 heavy (non-hydrogen) atoms. The minimum Gasteiger partial charge on any atom is -0.207 e. The zero-order valence-electron chi connectivity index (χ0n) is 9.15. The molecule has 1 aromatic rings. The van der Waals surface area contributed by atoms with Crippen molar-refractivity contribution >= 4 is 15.9 Å². The van der Waals surface area contributed by atoms with Crippen LogP contribution in [0, 0.1) is 13.8 Å². The lowest BCUT2D eigenvalue weighted by atomic mass is 10.00. The van der Waals surface area contributed by atoms with Crippen molar-refractivity contribution in [1.82, 2.24) is 0 Å². The Balaban J connectivity index is 2.87. The van der Waals surface area contributed by atoms with Gasteiger partial charge in [-0.3, -0.25) is 0 Å². The lowest BCUT2D eigenvalue weighted by Gasteiger charge is -2.17. The molecule has 0 spiro atoms. The van der Waals surface area contributed by atoms with Gasteiger partial charge in [-0.2, -0.15) is 0 Å². The third-order valence-electron chi connectivity index (χ3n) is 2.30. The van der Waals surface area contributed by atoms with Crippen molar-refractivity contribution < 1.29 is 8.78 Å². The van der Waals surface area contributed by atoms with E-state index in [4.69, 9.17) is 0 Å². The van der Waals surface area contributed by atoms with E-state index in [2.05, 4.69) is 15.9 Å². The summed E-state index contributed by atoms with van der Waals surface area (Å²) in [6.45, 7) is 4.89. The second-order valence-corrected chi connectivity index (χ2v) is 5.21. The Bertz CT molecular complexity index is 342. The molecule has 0 radical (unpaired) electrons. The predicted molar refractivity (Wildman–Crippen MR) is 62.8 cm³/mol. The van der Waals surface area contributed by atoms with Crippen molar-refractivity contribution in [1.29, 1.82) is 0 Å². The number of hydrogen-bond donors (Lipinski definition) is 0. The molecule has 0 aromatic heterocycles. The van der Waals surface area contributed by atoms with Gasteiger partial charge in [-0.1, -0.05) is 39.7 Å². The summed E-state index contributed by atoms with van der Waals surface area (Å²) in [5.74, 6) is -2.63. The Morgan fingerprint density at radius 1 is 1.33 bits per heavy atom. The average Bonchev–Trinajstić information content (AvgIpc) is 1.99. The van der Waals surface area contributed by atoms with Crippen molar-refractivity contribution in [3.05, 3.63) is 34.9 Å². The lowest BCUT2D eigenvalue weighted by molar-refractivity contribution is 0.0130. The fraction of sp³-hybridized carbons (Fsp3) is 0.500. The van der Waals surface area contributed by atoms with Crippen molar-refractivity contribution in [2.45, 2.75) is 37.9 Å². The zero-order valence-corrected chi connectivity index (χ0v) is 10.7. The number of aryl methyl sites for hydroxylation is 2. The van der Waals surface area contributed by atoms with E-state index >= 15 is 0 Å². The van der Waals surface area contributed by atoms with E-state index in [1.165, 1.54) is 0 Å². The van der Waals surface area contributed by atoms with E-state index in [1.807, 2.05) is 32.0 Å². The lowest BCUT2D eigenvalue weighted by Crippen LogP contribution is -2.12. The van der Waals surface area contributed by atoms with Crippen molar-refractivity contribution in [3.63, 3.8) is 0 Å².